The molecule has 0 bridgehead atoms. The Hall–Kier alpha value is -1.62. The molecular weight excluding hydrogens is 258 g/mol. The number of nitrogens with two attached hydrogens (primary N) is 1. The summed E-state index contributed by atoms with van der Waals surface area (Å²) in [6, 6.07) is 1.85. The second-order valence-electron chi connectivity index (χ2n) is 5.56. The average Bonchev–Trinajstić information content (AvgIpc) is 2.72. The highest BCUT2D eigenvalue weighted by atomic mass is 32.1. The van der Waals surface area contributed by atoms with Crippen LogP contribution in [0.4, 0.5) is 5.69 Å². The Morgan fingerprint density at radius 3 is 3.00 bits per heavy atom. The molecule has 0 atom stereocenters. The van der Waals surface area contributed by atoms with Gasteiger partial charge in [0.1, 0.15) is 4.88 Å². The van der Waals surface area contributed by atoms with Gasteiger partial charge < -0.3 is 11.1 Å². The van der Waals surface area contributed by atoms with Crippen LogP contribution in [-0.4, -0.2) is 17.4 Å². The first kappa shape index (κ1) is 12.4. The van der Waals surface area contributed by atoms with E-state index in [-0.39, 0.29) is 11.3 Å². The third-order valence-electron chi connectivity index (χ3n) is 3.97. The summed E-state index contributed by atoms with van der Waals surface area (Å²) in [7, 11) is 0. The van der Waals surface area contributed by atoms with Crippen molar-refractivity contribution < 1.29 is 4.79 Å². The van der Waals surface area contributed by atoms with Gasteiger partial charge in [0.15, 0.2) is 0 Å². The first-order valence-electron chi connectivity index (χ1n) is 6.49. The quantitative estimate of drug-likeness (QED) is 0.905. The summed E-state index contributed by atoms with van der Waals surface area (Å²) in [6.07, 6.45) is 7.10. The number of fused-ring (bicyclic) bond motifs is 1. The smallest absolute Gasteiger partial charge is 0.263 e. The molecule has 0 radical (unpaired) electrons. The van der Waals surface area contributed by atoms with Crippen LogP contribution in [0.3, 0.4) is 0 Å². The molecule has 2 aromatic heterocycles. The van der Waals surface area contributed by atoms with Crippen molar-refractivity contribution in [2.24, 2.45) is 5.41 Å². The molecule has 3 N–H and O–H groups in total. The molecule has 0 saturated heterocycles. The van der Waals surface area contributed by atoms with Gasteiger partial charge in [0.05, 0.1) is 10.4 Å². The maximum atomic E-state index is 12.2. The average molecular weight is 275 g/mol. The first-order chi connectivity index (χ1) is 9.09. The Kier molecular flexibility index (Phi) is 2.93. The van der Waals surface area contributed by atoms with Crippen LogP contribution in [-0.2, 0) is 0 Å². The Morgan fingerprint density at radius 1 is 1.58 bits per heavy atom. The monoisotopic (exact) mass is 275 g/mol. The van der Waals surface area contributed by atoms with E-state index in [1.165, 1.54) is 30.6 Å². The van der Waals surface area contributed by atoms with Crippen molar-refractivity contribution >= 4 is 33.0 Å². The highest BCUT2D eigenvalue weighted by Crippen LogP contribution is 2.39. The van der Waals surface area contributed by atoms with E-state index in [2.05, 4.69) is 17.2 Å². The van der Waals surface area contributed by atoms with Gasteiger partial charge in [-0.15, -0.1) is 11.3 Å². The molecule has 2 aromatic rings. The van der Waals surface area contributed by atoms with Crippen LogP contribution in [0.2, 0.25) is 0 Å². The number of anilines is 1. The van der Waals surface area contributed by atoms with Crippen molar-refractivity contribution in [2.75, 3.05) is 12.3 Å². The third-order valence-corrected chi connectivity index (χ3v) is 5.13. The van der Waals surface area contributed by atoms with Gasteiger partial charge in [-0.05, 0) is 24.3 Å². The molecule has 5 heteroatoms. The Balaban J connectivity index is 1.79. The van der Waals surface area contributed by atoms with Crippen molar-refractivity contribution in [3.63, 3.8) is 0 Å². The SMILES string of the molecule is CC1(CNC(=O)c2sc3cnccc3c2N)CCC1. The molecule has 3 rings (SSSR count). The number of nitrogens with zero attached hydrogens (tertiary/aromatic N) is 1. The lowest BCUT2D eigenvalue weighted by atomic mass is 9.70. The maximum Gasteiger partial charge on any atom is 0.263 e. The molecule has 0 aromatic carbocycles. The van der Waals surface area contributed by atoms with E-state index in [0.717, 1.165) is 16.6 Å². The Labute approximate surface area is 116 Å². The molecule has 2 heterocycles. The highest BCUT2D eigenvalue weighted by Gasteiger charge is 2.32. The van der Waals surface area contributed by atoms with Crippen molar-refractivity contribution in [1.29, 1.82) is 0 Å². The number of hydrogen-bond donors (Lipinski definition) is 2. The lowest BCUT2D eigenvalue weighted by molar-refractivity contribution is 0.0895. The zero-order chi connectivity index (χ0) is 13.5. The van der Waals surface area contributed by atoms with Crippen molar-refractivity contribution in [1.82, 2.24) is 10.3 Å². The fourth-order valence-electron chi connectivity index (χ4n) is 2.47. The Bertz CT molecular complexity index is 631. The van der Waals surface area contributed by atoms with E-state index < -0.39 is 0 Å². The van der Waals surface area contributed by atoms with E-state index in [1.54, 1.807) is 12.4 Å². The predicted molar refractivity (Wildman–Crippen MR) is 78.3 cm³/mol. The fourth-order valence-corrected chi connectivity index (χ4v) is 3.48. The number of carbonyl (C=O) groups is 1. The number of nitrogen functional groups attached to an aromatic ring is 1. The van der Waals surface area contributed by atoms with Crippen molar-refractivity contribution in [2.45, 2.75) is 26.2 Å². The molecule has 1 saturated carbocycles. The summed E-state index contributed by atoms with van der Waals surface area (Å²) in [5, 5.41) is 3.93. The molecule has 1 aliphatic rings. The van der Waals surface area contributed by atoms with Gasteiger partial charge in [-0.3, -0.25) is 9.78 Å². The van der Waals surface area contributed by atoms with Crippen LogP contribution < -0.4 is 11.1 Å². The van der Waals surface area contributed by atoms with Crippen LogP contribution in [0.1, 0.15) is 35.9 Å². The first-order valence-corrected chi connectivity index (χ1v) is 7.31. The predicted octanol–water partition coefficient (Wildman–Crippen LogP) is 2.80. The van der Waals surface area contributed by atoms with Gasteiger partial charge in [-0.2, -0.15) is 0 Å². The standard InChI is InChI=1S/C14H17N3OS/c1-14(4-2-5-14)8-17-13(18)12-11(15)9-3-6-16-7-10(9)19-12/h3,6-7H,2,4-5,8,15H2,1H3,(H,17,18). The molecule has 1 aliphatic carbocycles. The van der Waals surface area contributed by atoms with Gasteiger partial charge in [0.2, 0.25) is 0 Å². The highest BCUT2D eigenvalue weighted by molar-refractivity contribution is 7.21. The van der Waals surface area contributed by atoms with E-state index in [4.69, 9.17) is 5.73 Å². The summed E-state index contributed by atoms with van der Waals surface area (Å²) >= 11 is 1.41. The number of carbonyl (C=O) groups excluding carboxylic acids is 1. The van der Waals surface area contributed by atoms with Crippen LogP contribution in [0.25, 0.3) is 10.1 Å². The number of thiophene rings is 1. The summed E-state index contributed by atoms with van der Waals surface area (Å²) in [6.45, 7) is 2.95. The summed E-state index contributed by atoms with van der Waals surface area (Å²) in [5.41, 5.74) is 6.90. The Morgan fingerprint density at radius 2 is 2.37 bits per heavy atom. The normalized spacial score (nSPS) is 17.1. The van der Waals surface area contributed by atoms with Gasteiger partial charge in [-0.25, -0.2) is 0 Å². The molecule has 0 spiro atoms. The molecule has 19 heavy (non-hydrogen) atoms. The minimum Gasteiger partial charge on any atom is -0.397 e. The van der Waals surface area contributed by atoms with Gasteiger partial charge in [0.25, 0.3) is 5.91 Å². The van der Waals surface area contributed by atoms with E-state index in [9.17, 15) is 4.79 Å². The number of hydrogen-bond acceptors (Lipinski definition) is 4. The van der Waals surface area contributed by atoms with Crippen LogP contribution in [0.5, 0.6) is 0 Å². The number of amides is 1. The molecular formula is C14H17N3OS. The number of pyridine rings is 1. The molecule has 4 nitrogen and oxygen atoms in total. The number of aromatic nitrogens is 1. The van der Waals surface area contributed by atoms with Gasteiger partial charge >= 0.3 is 0 Å². The molecule has 1 amide bonds. The molecule has 1 fully saturated rings. The third kappa shape index (κ3) is 2.18. The minimum absolute atomic E-state index is 0.0631. The summed E-state index contributed by atoms with van der Waals surface area (Å²) in [5.74, 6) is -0.0631. The topological polar surface area (TPSA) is 68.0 Å². The fraction of sp³-hybridized carbons (Fsp3) is 0.429. The lowest BCUT2D eigenvalue weighted by Gasteiger charge is -2.38. The van der Waals surface area contributed by atoms with Crippen molar-refractivity contribution in [3.8, 4) is 0 Å². The van der Waals surface area contributed by atoms with Gasteiger partial charge in [-0.1, -0.05) is 13.3 Å². The van der Waals surface area contributed by atoms with Crippen LogP contribution in [0, 0.1) is 5.41 Å². The van der Waals surface area contributed by atoms with E-state index in [0.29, 0.717) is 10.6 Å². The molecule has 0 unspecified atom stereocenters. The van der Waals surface area contributed by atoms with Gasteiger partial charge in [0, 0.05) is 24.3 Å². The zero-order valence-corrected chi connectivity index (χ0v) is 11.7. The largest absolute Gasteiger partial charge is 0.397 e. The van der Waals surface area contributed by atoms with E-state index in [1.807, 2.05) is 6.07 Å². The minimum atomic E-state index is -0.0631. The molecule has 0 aliphatic heterocycles. The number of nitrogens with one attached hydrogen (secondary N) is 1. The second-order valence-corrected chi connectivity index (χ2v) is 6.62. The summed E-state index contributed by atoms with van der Waals surface area (Å²) in [4.78, 5) is 16.9. The summed E-state index contributed by atoms with van der Waals surface area (Å²) < 4.78 is 0.958. The van der Waals surface area contributed by atoms with Crippen LogP contribution >= 0.6 is 11.3 Å². The zero-order valence-electron chi connectivity index (χ0n) is 10.9. The lowest BCUT2D eigenvalue weighted by Crippen LogP contribution is -2.39. The second kappa shape index (κ2) is 4.49. The number of rotatable bonds is 3. The van der Waals surface area contributed by atoms with E-state index >= 15 is 0 Å². The van der Waals surface area contributed by atoms with Crippen molar-refractivity contribution in [3.05, 3.63) is 23.3 Å². The molecule has 100 valence electrons. The van der Waals surface area contributed by atoms with Crippen LogP contribution in [0.15, 0.2) is 18.5 Å². The maximum absolute atomic E-state index is 12.2.